The van der Waals surface area contributed by atoms with E-state index < -0.39 is 5.97 Å². The zero-order valence-corrected chi connectivity index (χ0v) is 23.3. The number of hydrogen-bond acceptors (Lipinski definition) is 4. The monoisotopic (exact) mass is 598 g/mol. The van der Waals surface area contributed by atoms with Crippen LogP contribution in [0, 0.1) is 0 Å². The zero-order valence-electron chi connectivity index (χ0n) is 20.1. The fourth-order valence-corrected chi connectivity index (χ4v) is 5.49. The van der Waals surface area contributed by atoms with Crippen molar-refractivity contribution < 1.29 is 19.1 Å². The van der Waals surface area contributed by atoms with Crippen molar-refractivity contribution in [3.05, 3.63) is 82.4 Å². The third-order valence-corrected chi connectivity index (χ3v) is 6.84. The van der Waals surface area contributed by atoms with Crippen LogP contribution in [-0.2, 0) is 20.1 Å². The van der Waals surface area contributed by atoms with Gasteiger partial charge in [-0.3, -0.25) is 0 Å². The first-order chi connectivity index (χ1) is 17.0. The van der Waals surface area contributed by atoms with Gasteiger partial charge in [-0.1, -0.05) is 80.9 Å². The fourth-order valence-electron chi connectivity index (χ4n) is 4.32. The van der Waals surface area contributed by atoms with Crippen LogP contribution in [0.5, 0.6) is 0 Å². The number of benzene rings is 3. The molecule has 0 aliphatic heterocycles. The van der Waals surface area contributed by atoms with Gasteiger partial charge in [0.25, 0.3) is 0 Å². The lowest BCUT2D eigenvalue weighted by Crippen LogP contribution is -2.13. The van der Waals surface area contributed by atoms with Crippen molar-refractivity contribution >= 4 is 66.7 Å². The Kier molecular flexibility index (Phi) is 9.47. The lowest BCUT2D eigenvalue weighted by molar-refractivity contribution is 0.0515. The second kappa shape index (κ2) is 12.3. The number of rotatable bonds is 9. The van der Waals surface area contributed by atoms with Crippen LogP contribution in [0.1, 0.15) is 63.7 Å². The van der Waals surface area contributed by atoms with Crippen LogP contribution in [0.25, 0.3) is 34.1 Å². The molecule has 0 saturated carbocycles. The maximum absolute atomic E-state index is 13.1. The molecule has 0 aromatic heterocycles. The van der Waals surface area contributed by atoms with Gasteiger partial charge < -0.3 is 9.47 Å². The first-order valence-corrected chi connectivity index (χ1v) is 13.7. The van der Waals surface area contributed by atoms with E-state index in [0.717, 1.165) is 44.2 Å². The van der Waals surface area contributed by atoms with E-state index in [4.69, 9.17) is 9.47 Å². The summed E-state index contributed by atoms with van der Waals surface area (Å²) in [6, 6.07) is 11.6. The van der Waals surface area contributed by atoms with Crippen molar-refractivity contribution in [2.24, 2.45) is 0 Å². The summed E-state index contributed by atoms with van der Waals surface area (Å²) in [4.78, 5) is 26.1. The van der Waals surface area contributed by atoms with Gasteiger partial charge in [-0.25, -0.2) is 9.59 Å². The molecule has 0 spiro atoms. The molecule has 3 rings (SSSR count). The van der Waals surface area contributed by atoms with Gasteiger partial charge in [-0.05, 0) is 77.1 Å². The number of hydrogen-bond donors (Lipinski definition) is 0. The van der Waals surface area contributed by atoms with Gasteiger partial charge >= 0.3 is 11.9 Å². The Hall–Kier alpha value is -2.70. The van der Waals surface area contributed by atoms with Crippen LogP contribution < -0.4 is 0 Å². The molecule has 0 unspecified atom stereocenters. The summed E-state index contributed by atoms with van der Waals surface area (Å²) < 4.78 is 10.8. The second-order valence-electron chi connectivity index (χ2n) is 7.69. The maximum atomic E-state index is 13.1. The number of ether oxygens (including phenoxy) is 2. The summed E-state index contributed by atoms with van der Waals surface area (Å²) in [5.74, 6) is -0.777. The van der Waals surface area contributed by atoms with Crippen molar-refractivity contribution in [2.45, 2.75) is 31.4 Å². The van der Waals surface area contributed by atoms with E-state index in [9.17, 15) is 9.59 Å². The van der Waals surface area contributed by atoms with Gasteiger partial charge in [0.15, 0.2) is 0 Å². The highest BCUT2D eigenvalue weighted by Crippen LogP contribution is 2.43. The lowest BCUT2D eigenvalue weighted by atomic mass is 9.82. The molecule has 6 heteroatoms. The summed E-state index contributed by atoms with van der Waals surface area (Å²) in [5, 5.41) is 2.70. The van der Waals surface area contributed by atoms with Gasteiger partial charge in [-0.15, -0.1) is 0 Å². The lowest BCUT2D eigenvalue weighted by Gasteiger charge is -2.23. The summed E-state index contributed by atoms with van der Waals surface area (Å²) >= 11 is 7.25. The largest absolute Gasteiger partial charge is 0.462 e. The predicted octanol–water partition coefficient (Wildman–Crippen LogP) is 8.33. The molecule has 4 nitrogen and oxygen atoms in total. The fraction of sp³-hybridized carbons (Fsp3) is 0.241. The third kappa shape index (κ3) is 5.29. The number of esters is 2. The summed E-state index contributed by atoms with van der Waals surface area (Å²) in [6.45, 7) is 10.1. The average molecular weight is 600 g/mol. The molecule has 182 valence electrons. The molecule has 35 heavy (non-hydrogen) atoms. The van der Waals surface area contributed by atoms with E-state index in [1.54, 1.807) is 19.9 Å². The second-order valence-corrected chi connectivity index (χ2v) is 8.81. The molecule has 0 heterocycles. The highest BCUT2D eigenvalue weighted by Gasteiger charge is 2.27. The molecule has 0 bridgehead atoms. The van der Waals surface area contributed by atoms with Crippen LogP contribution in [0.4, 0.5) is 0 Å². The van der Waals surface area contributed by atoms with E-state index in [-0.39, 0.29) is 19.2 Å². The van der Waals surface area contributed by atoms with E-state index in [0.29, 0.717) is 21.8 Å². The Bertz CT molecular complexity index is 1310. The Morgan fingerprint density at radius 3 is 2.03 bits per heavy atom. The van der Waals surface area contributed by atoms with Crippen molar-refractivity contribution in [3.63, 3.8) is 0 Å². The van der Waals surface area contributed by atoms with Gasteiger partial charge in [0, 0.05) is 10.7 Å². The number of alkyl halides is 2. The van der Waals surface area contributed by atoms with Gasteiger partial charge in [-0.2, -0.15) is 0 Å². The van der Waals surface area contributed by atoms with Crippen molar-refractivity contribution in [2.75, 3.05) is 13.2 Å². The minimum absolute atomic E-state index is 0.270. The van der Waals surface area contributed by atoms with Crippen LogP contribution in [0.15, 0.2) is 49.1 Å². The van der Waals surface area contributed by atoms with Gasteiger partial charge in [0.1, 0.15) is 0 Å². The summed E-state index contributed by atoms with van der Waals surface area (Å²) in [7, 11) is 0. The minimum atomic E-state index is -0.393. The predicted molar refractivity (Wildman–Crippen MR) is 151 cm³/mol. The molecule has 0 saturated heterocycles. The number of carbonyl (C=O) groups is 2. The highest BCUT2D eigenvalue weighted by atomic mass is 79.9. The molecule has 0 fully saturated rings. The van der Waals surface area contributed by atoms with Crippen LogP contribution in [0.2, 0.25) is 0 Å². The maximum Gasteiger partial charge on any atom is 0.338 e. The number of carbonyl (C=O) groups excluding carboxylic acids is 2. The molecule has 0 radical (unpaired) electrons. The first-order valence-electron chi connectivity index (χ1n) is 11.4. The minimum Gasteiger partial charge on any atom is -0.462 e. The summed E-state index contributed by atoms with van der Waals surface area (Å²) in [6.07, 6.45) is 5.68. The molecule has 0 aliphatic carbocycles. The zero-order chi connectivity index (χ0) is 25.5. The molecular weight excluding hydrogens is 572 g/mol. The Balaban J connectivity index is 2.62. The van der Waals surface area contributed by atoms with Crippen LogP contribution in [-0.4, -0.2) is 25.2 Å². The standard InChI is InChI=1S/C29H28Br2O4/c1-5-11-18-14-22(28(32)34-7-3)24(16-30)26(20(18)6-2)27-21-13-10-9-12-19(21)15-23(25(27)17-31)29(33)35-8-4/h5-6,9-15H,2,7-8,16-17H2,1,3-4H3/b11-5-. The van der Waals surface area contributed by atoms with Gasteiger partial charge in [0.2, 0.25) is 0 Å². The molecule has 0 amide bonds. The smallest absolute Gasteiger partial charge is 0.338 e. The Labute approximate surface area is 223 Å². The number of halogens is 2. The van der Waals surface area contributed by atoms with E-state index in [1.165, 1.54) is 0 Å². The number of allylic oxidation sites excluding steroid dienone is 1. The molecule has 3 aromatic rings. The normalized spacial score (nSPS) is 11.1. The van der Waals surface area contributed by atoms with E-state index in [1.807, 2.05) is 55.5 Å². The SMILES string of the molecule is C=Cc1c(/C=C\C)cc(C(=O)OCC)c(CBr)c1-c1c(CBr)c(C(=O)OCC)cc2ccccc12. The topological polar surface area (TPSA) is 52.6 Å². The summed E-state index contributed by atoms with van der Waals surface area (Å²) in [5.41, 5.74) is 5.96. The van der Waals surface area contributed by atoms with E-state index >= 15 is 0 Å². The Morgan fingerprint density at radius 1 is 0.914 bits per heavy atom. The van der Waals surface area contributed by atoms with Crippen molar-refractivity contribution in [1.82, 2.24) is 0 Å². The molecule has 0 N–H and O–H groups in total. The Morgan fingerprint density at radius 2 is 1.49 bits per heavy atom. The third-order valence-electron chi connectivity index (χ3n) is 5.72. The van der Waals surface area contributed by atoms with Crippen molar-refractivity contribution in [3.8, 4) is 11.1 Å². The quantitative estimate of drug-likeness (QED) is 0.183. The van der Waals surface area contributed by atoms with Crippen molar-refractivity contribution in [1.29, 1.82) is 0 Å². The first kappa shape index (κ1) is 26.9. The molecule has 3 aromatic carbocycles. The highest BCUT2D eigenvalue weighted by molar-refractivity contribution is 9.08. The van der Waals surface area contributed by atoms with Crippen LogP contribution >= 0.6 is 31.9 Å². The molecule has 0 aliphatic rings. The molecular formula is C29H28Br2O4. The van der Waals surface area contributed by atoms with Gasteiger partial charge in [0.05, 0.1) is 24.3 Å². The molecule has 0 atom stereocenters. The average Bonchev–Trinajstić information content (AvgIpc) is 2.87. The number of fused-ring (bicyclic) bond motifs is 1. The van der Waals surface area contributed by atoms with E-state index in [2.05, 4.69) is 38.4 Å². The van der Waals surface area contributed by atoms with Crippen LogP contribution in [0.3, 0.4) is 0 Å².